The van der Waals surface area contributed by atoms with Gasteiger partial charge in [0.05, 0.1) is 12.7 Å². The second-order valence-corrected chi connectivity index (χ2v) is 5.60. The Balaban J connectivity index is 1.93. The van der Waals surface area contributed by atoms with E-state index in [1.807, 2.05) is 6.92 Å². The van der Waals surface area contributed by atoms with E-state index in [-0.39, 0.29) is 18.6 Å². The fourth-order valence-corrected chi connectivity index (χ4v) is 2.64. The number of carbonyl (C=O) groups is 1. The van der Waals surface area contributed by atoms with Crippen LogP contribution in [0.4, 0.5) is 0 Å². The van der Waals surface area contributed by atoms with Gasteiger partial charge in [0.15, 0.2) is 0 Å². The molecule has 0 aromatic heterocycles. The van der Waals surface area contributed by atoms with Crippen LogP contribution < -0.4 is 5.32 Å². The molecule has 2 rings (SSSR count). The van der Waals surface area contributed by atoms with Crippen molar-refractivity contribution in [2.45, 2.75) is 50.7 Å². The van der Waals surface area contributed by atoms with Crippen molar-refractivity contribution >= 4 is 5.97 Å². The van der Waals surface area contributed by atoms with Crippen LogP contribution in [0.15, 0.2) is 0 Å². The van der Waals surface area contributed by atoms with Crippen LogP contribution in [0.5, 0.6) is 0 Å². The third kappa shape index (κ3) is 3.68. The molecule has 5 heteroatoms. The third-order valence-electron chi connectivity index (χ3n) is 4.06. The Bertz CT molecular complexity index is 300. The average molecular weight is 271 g/mol. The summed E-state index contributed by atoms with van der Waals surface area (Å²) < 4.78 is 11.2. The summed E-state index contributed by atoms with van der Waals surface area (Å²) >= 11 is 0. The Labute approximate surface area is 114 Å². The van der Waals surface area contributed by atoms with Gasteiger partial charge in [-0.15, -0.1) is 0 Å². The zero-order valence-corrected chi connectivity index (χ0v) is 11.7. The molecule has 2 aliphatic rings. The highest BCUT2D eigenvalue weighted by Gasteiger charge is 2.51. The van der Waals surface area contributed by atoms with E-state index in [1.165, 1.54) is 0 Å². The first-order valence-corrected chi connectivity index (χ1v) is 7.37. The topological polar surface area (TPSA) is 67.8 Å². The zero-order valence-electron chi connectivity index (χ0n) is 11.7. The number of carboxylic acids is 1. The standard InChI is InChI=1S/C14H25NO4/c1-2-7-15-14(13(16)17,11-3-4-11)10-19-12-5-8-18-9-6-12/h11-12,15H,2-10H2,1H3,(H,16,17). The van der Waals surface area contributed by atoms with Crippen LogP contribution in [-0.2, 0) is 14.3 Å². The lowest BCUT2D eigenvalue weighted by atomic mass is 9.93. The minimum Gasteiger partial charge on any atom is -0.480 e. The second-order valence-electron chi connectivity index (χ2n) is 5.60. The van der Waals surface area contributed by atoms with Gasteiger partial charge in [-0.25, -0.2) is 0 Å². The molecule has 5 nitrogen and oxygen atoms in total. The number of ether oxygens (including phenoxy) is 2. The molecule has 1 saturated carbocycles. The first-order chi connectivity index (χ1) is 9.19. The highest BCUT2D eigenvalue weighted by molar-refractivity contribution is 5.80. The number of carboxylic acid groups (broad SMARTS) is 1. The molecule has 0 spiro atoms. The van der Waals surface area contributed by atoms with Gasteiger partial charge >= 0.3 is 5.97 Å². The minimum absolute atomic E-state index is 0.148. The van der Waals surface area contributed by atoms with E-state index in [0.717, 1.165) is 51.9 Å². The summed E-state index contributed by atoms with van der Waals surface area (Å²) in [6, 6.07) is 0. The van der Waals surface area contributed by atoms with E-state index < -0.39 is 11.5 Å². The van der Waals surface area contributed by atoms with Gasteiger partial charge < -0.3 is 14.6 Å². The van der Waals surface area contributed by atoms with Crippen molar-refractivity contribution in [3.8, 4) is 0 Å². The van der Waals surface area contributed by atoms with Gasteiger partial charge in [-0.1, -0.05) is 6.92 Å². The summed E-state index contributed by atoms with van der Waals surface area (Å²) in [4.78, 5) is 11.7. The molecule has 1 aliphatic heterocycles. The summed E-state index contributed by atoms with van der Waals surface area (Å²) in [5, 5.41) is 12.9. The lowest BCUT2D eigenvalue weighted by Crippen LogP contribution is -2.58. The molecule has 2 fully saturated rings. The Hall–Kier alpha value is -0.650. The predicted molar refractivity (Wildman–Crippen MR) is 71.2 cm³/mol. The van der Waals surface area contributed by atoms with E-state index in [1.54, 1.807) is 0 Å². The quantitative estimate of drug-likeness (QED) is 0.699. The summed E-state index contributed by atoms with van der Waals surface area (Å²) in [5.74, 6) is -0.549. The van der Waals surface area contributed by atoms with Gasteiger partial charge in [0.25, 0.3) is 0 Å². The van der Waals surface area contributed by atoms with Gasteiger partial charge in [0.1, 0.15) is 5.54 Å². The smallest absolute Gasteiger partial charge is 0.326 e. The maximum absolute atomic E-state index is 11.7. The molecule has 110 valence electrons. The van der Waals surface area contributed by atoms with E-state index in [2.05, 4.69) is 5.32 Å². The molecule has 0 aromatic carbocycles. The first-order valence-electron chi connectivity index (χ1n) is 7.37. The van der Waals surface area contributed by atoms with Crippen molar-refractivity contribution in [2.24, 2.45) is 5.92 Å². The van der Waals surface area contributed by atoms with Crippen LogP contribution in [0.3, 0.4) is 0 Å². The van der Waals surface area contributed by atoms with Crippen LogP contribution in [0, 0.1) is 5.92 Å². The normalized spacial score (nSPS) is 24.1. The Morgan fingerprint density at radius 1 is 1.37 bits per heavy atom. The van der Waals surface area contributed by atoms with Gasteiger partial charge in [0, 0.05) is 13.2 Å². The van der Waals surface area contributed by atoms with Gasteiger partial charge in [0.2, 0.25) is 0 Å². The summed E-state index contributed by atoms with van der Waals surface area (Å²) in [6.45, 7) is 4.48. The molecule has 0 amide bonds. The van der Waals surface area contributed by atoms with Crippen LogP contribution in [0.1, 0.15) is 39.0 Å². The molecule has 19 heavy (non-hydrogen) atoms. The van der Waals surface area contributed by atoms with Crippen LogP contribution >= 0.6 is 0 Å². The van der Waals surface area contributed by atoms with Crippen LogP contribution in [0.2, 0.25) is 0 Å². The molecule has 0 bridgehead atoms. The Kier molecular flexibility index (Phi) is 5.19. The van der Waals surface area contributed by atoms with Crippen molar-refractivity contribution < 1.29 is 19.4 Å². The van der Waals surface area contributed by atoms with Gasteiger partial charge in [-0.05, 0) is 44.6 Å². The maximum Gasteiger partial charge on any atom is 0.326 e. The average Bonchev–Trinajstić information content (AvgIpc) is 3.25. The number of nitrogens with one attached hydrogen (secondary N) is 1. The van der Waals surface area contributed by atoms with Crippen LogP contribution in [0.25, 0.3) is 0 Å². The largest absolute Gasteiger partial charge is 0.480 e. The molecule has 1 unspecified atom stereocenters. The Morgan fingerprint density at radius 3 is 2.58 bits per heavy atom. The first kappa shape index (κ1) is 14.8. The molecule has 1 saturated heterocycles. The lowest BCUT2D eigenvalue weighted by Gasteiger charge is -2.33. The molecular formula is C14H25NO4. The SMILES string of the molecule is CCCNC(COC1CCOCC1)(C(=O)O)C1CC1. The van der Waals surface area contributed by atoms with Gasteiger partial charge in [-0.2, -0.15) is 0 Å². The lowest BCUT2D eigenvalue weighted by molar-refractivity contribution is -0.151. The van der Waals surface area contributed by atoms with E-state index in [0.29, 0.717) is 0 Å². The number of hydrogen-bond donors (Lipinski definition) is 2. The monoisotopic (exact) mass is 271 g/mol. The molecule has 1 aliphatic carbocycles. The predicted octanol–water partition coefficient (Wildman–Crippen LogP) is 1.41. The summed E-state index contributed by atoms with van der Waals surface area (Å²) in [6.07, 6.45) is 4.79. The van der Waals surface area contributed by atoms with Gasteiger partial charge in [-0.3, -0.25) is 10.1 Å². The number of aliphatic carboxylic acids is 1. The zero-order chi connectivity index (χ0) is 13.7. The molecule has 0 aromatic rings. The number of rotatable bonds is 8. The Morgan fingerprint density at radius 2 is 2.05 bits per heavy atom. The highest BCUT2D eigenvalue weighted by Crippen LogP contribution is 2.40. The highest BCUT2D eigenvalue weighted by atomic mass is 16.5. The molecule has 0 radical (unpaired) electrons. The fraction of sp³-hybridized carbons (Fsp3) is 0.929. The molecular weight excluding hydrogens is 246 g/mol. The summed E-state index contributed by atoms with van der Waals surface area (Å²) in [5.41, 5.74) is -0.881. The van der Waals surface area contributed by atoms with Crippen LogP contribution in [-0.4, -0.2) is 49.1 Å². The van der Waals surface area contributed by atoms with E-state index in [9.17, 15) is 9.90 Å². The van der Waals surface area contributed by atoms with Crippen molar-refractivity contribution in [2.75, 3.05) is 26.4 Å². The molecule has 1 heterocycles. The van der Waals surface area contributed by atoms with Crippen molar-refractivity contribution in [3.05, 3.63) is 0 Å². The second kappa shape index (κ2) is 6.68. The summed E-state index contributed by atoms with van der Waals surface area (Å²) in [7, 11) is 0. The third-order valence-corrected chi connectivity index (χ3v) is 4.06. The number of hydrogen-bond acceptors (Lipinski definition) is 4. The maximum atomic E-state index is 11.7. The fourth-order valence-electron chi connectivity index (χ4n) is 2.64. The van der Waals surface area contributed by atoms with E-state index in [4.69, 9.17) is 9.47 Å². The minimum atomic E-state index is -0.881. The molecule has 2 N–H and O–H groups in total. The van der Waals surface area contributed by atoms with Crippen molar-refractivity contribution in [1.29, 1.82) is 0 Å². The van der Waals surface area contributed by atoms with E-state index >= 15 is 0 Å². The van der Waals surface area contributed by atoms with Crippen molar-refractivity contribution in [3.63, 3.8) is 0 Å². The van der Waals surface area contributed by atoms with Crippen molar-refractivity contribution in [1.82, 2.24) is 5.32 Å². The molecule has 1 atom stereocenters.